The third kappa shape index (κ3) is 6.06. The Morgan fingerprint density at radius 1 is 1.18 bits per heavy atom. The number of fused-ring (bicyclic) bond motifs is 1. The summed E-state index contributed by atoms with van der Waals surface area (Å²) in [5, 5.41) is 27.7. The van der Waals surface area contributed by atoms with Gasteiger partial charge in [-0.2, -0.15) is 9.83 Å². The fourth-order valence-electron chi connectivity index (χ4n) is 5.19. The van der Waals surface area contributed by atoms with E-state index in [4.69, 9.17) is 0 Å². The number of aromatic nitrogens is 3. The molecule has 0 fully saturated rings. The lowest BCUT2D eigenvalue weighted by molar-refractivity contribution is -0.614. The molecule has 5 rings (SSSR count). The Labute approximate surface area is 233 Å². The number of hydrogen-bond acceptors (Lipinski definition) is 4. The summed E-state index contributed by atoms with van der Waals surface area (Å²) in [5.41, 5.74) is 4.50. The molecule has 0 aliphatic heterocycles. The normalized spacial score (nSPS) is 14.5. The number of carbonyl (C=O) groups is 1. The molecule has 0 saturated heterocycles. The predicted molar refractivity (Wildman–Crippen MR) is 149 cm³/mol. The van der Waals surface area contributed by atoms with Crippen molar-refractivity contribution in [3.8, 4) is 5.75 Å². The van der Waals surface area contributed by atoms with Crippen molar-refractivity contribution in [2.75, 3.05) is 4.90 Å². The minimum atomic E-state index is -0.426. The highest BCUT2D eigenvalue weighted by Crippen LogP contribution is 2.38. The quantitative estimate of drug-likeness (QED) is 0.239. The van der Waals surface area contributed by atoms with E-state index in [0.717, 1.165) is 39.8 Å². The van der Waals surface area contributed by atoms with Crippen LogP contribution in [0, 0.1) is 11.0 Å². The molecule has 1 unspecified atom stereocenters. The molecule has 1 aliphatic rings. The maximum absolute atomic E-state index is 14.1. The van der Waals surface area contributed by atoms with Crippen LogP contribution in [0.3, 0.4) is 0 Å². The van der Waals surface area contributed by atoms with Crippen LogP contribution < -0.4 is 9.63 Å². The van der Waals surface area contributed by atoms with Crippen molar-refractivity contribution >= 4 is 24.0 Å². The van der Waals surface area contributed by atoms with Crippen LogP contribution in [0.15, 0.2) is 73.2 Å². The Kier molecular flexibility index (Phi) is 8.55. The third-order valence-corrected chi connectivity index (χ3v) is 7.16. The van der Waals surface area contributed by atoms with Crippen molar-refractivity contribution in [1.82, 2.24) is 9.78 Å². The Balaban J connectivity index is 0.00000353. The Morgan fingerprint density at radius 2 is 1.95 bits per heavy atom. The van der Waals surface area contributed by atoms with Crippen LogP contribution in [-0.2, 0) is 24.3 Å². The second-order valence-corrected chi connectivity index (χ2v) is 10.2. The summed E-state index contributed by atoms with van der Waals surface area (Å²) in [5.74, 6) is -0.582. The average molecular weight is 551 g/mol. The Morgan fingerprint density at radius 3 is 2.67 bits per heavy atom. The third-order valence-electron chi connectivity index (χ3n) is 7.16. The highest BCUT2D eigenvalue weighted by atomic mass is 35.5. The number of phenolic OH excluding ortho intramolecular Hbond substituents is 1. The summed E-state index contributed by atoms with van der Waals surface area (Å²) in [6, 6.07) is 15.2. The van der Waals surface area contributed by atoms with E-state index in [2.05, 4.69) is 5.10 Å². The number of nitrogens with zero attached hydrogens (tertiary/aromatic N) is 4. The van der Waals surface area contributed by atoms with Crippen molar-refractivity contribution in [2.45, 2.75) is 58.0 Å². The predicted octanol–water partition coefficient (Wildman–Crippen LogP) is 5.61. The first-order valence-electron chi connectivity index (χ1n) is 12.9. The lowest BCUT2D eigenvalue weighted by Gasteiger charge is -2.30. The average Bonchev–Trinajstić information content (AvgIpc) is 3.35. The standard InChI is InChI=1S/C30H31FN4O3.ClH/c1-20(2)28-14-13-24(19-35(28)38)34(30(37)27-7-3-6-26-25(27)5-4-8-29(26)36)18-22-15-32-33(17-22)16-21-9-11-23(31)12-10-21;/h4-5,8-15,17,19-20,27,36H,3,6-7,16,18H2,1-2H3;1H. The second kappa shape index (κ2) is 11.9. The molecule has 1 amide bonds. The Hall–Kier alpha value is -3.91. The molecule has 0 spiro atoms. The SMILES string of the molecule is CC(C)c1ccc(N(Cc2cnn(Cc3ccc(F)cc3)c2)C(=O)C2CCCc3c(O)cccc32)c[n+]1[O-].Cl. The molecular weight excluding hydrogens is 519 g/mol. The molecule has 4 aromatic rings. The van der Waals surface area contributed by atoms with Gasteiger partial charge in [-0.1, -0.05) is 38.1 Å². The zero-order chi connectivity index (χ0) is 26.8. The zero-order valence-electron chi connectivity index (χ0n) is 22.0. The fourth-order valence-corrected chi connectivity index (χ4v) is 5.19. The molecule has 2 aromatic carbocycles. The maximum Gasteiger partial charge on any atom is 0.235 e. The molecule has 0 radical (unpaired) electrons. The molecule has 2 aromatic heterocycles. The van der Waals surface area contributed by atoms with E-state index in [1.165, 1.54) is 18.3 Å². The molecule has 204 valence electrons. The molecule has 1 N–H and O–H groups in total. The van der Waals surface area contributed by atoms with Crippen LogP contribution in [-0.4, -0.2) is 20.8 Å². The number of rotatable bonds is 7. The van der Waals surface area contributed by atoms with Gasteiger partial charge < -0.3 is 15.2 Å². The smallest absolute Gasteiger partial charge is 0.235 e. The van der Waals surface area contributed by atoms with Gasteiger partial charge in [-0.3, -0.25) is 9.48 Å². The topological polar surface area (TPSA) is 85.3 Å². The summed E-state index contributed by atoms with van der Waals surface area (Å²) >= 11 is 0. The number of phenols is 1. The lowest BCUT2D eigenvalue weighted by atomic mass is 9.81. The first-order chi connectivity index (χ1) is 18.3. The van der Waals surface area contributed by atoms with Crippen molar-refractivity contribution < 1.29 is 19.0 Å². The van der Waals surface area contributed by atoms with E-state index in [1.54, 1.807) is 46.1 Å². The first-order valence-corrected chi connectivity index (χ1v) is 12.9. The highest BCUT2D eigenvalue weighted by molar-refractivity contribution is 5.98. The van der Waals surface area contributed by atoms with Gasteiger partial charge in [0, 0.05) is 23.7 Å². The number of aromatic hydroxyl groups is 1. The van der Waals surface area contributed by atoms with Gasteiger partial charge in [0.15, 0.2) is 5.69 Å². The van der Waals surface area contributed by atoms with E-state index < -0.39 is 5.92 Å². The Bertz CT molecular complexity index is 1460. The first kappa shape index (κ1) is 28.1. The minimum absolute atomic E-state index is 0. The van der Waals surface area contributed by atoms with Gasteiger partial charge in [-0.15, -0.1) is 12.4 Å². The van der Waals surface area contributed by atoms with Gasteiger partial charge in [0.1, 0.15) is 17.3 Å². The summed E-state index contributed by atoms with van der Waals surface area (Å²) in [6.07, 6.45) is 7.21. The molecule has 39 heavy (non-hydrogen) atoms. The molecule has 7 nitrogen and oxygen atoms in total. The van der Waals surface area contributed by atoms with Crippen LogP contribution in [0.4, 0.5) is 10.1 Å². The fraction of sp³-hybridized carbons (Fsp3) is 0.300. The van der Waals surface area contributed by atoms with Gasteiger partial charge in [0.05, 0.1) is 25.2 Å². The van der Waals surface area contributed by atoms with Gasteiger partial charge in [0.25, 0.3) is 0 Å². The van der Waals surface area contributed by atoms with Gasteiger partial charge in [-0.05, 0) is 60.2 Å². The van der Waals surface area contributed by atoms with E-state index in [9.17, 15) is 19.5 Å². The molecule has 0 saturated carbocycles. The number of carbonyl (C=O) groups excluding carboxylic acids is 1. The van der Waals surface area contributed by atoms with Gasteiger partial charge in [-0.25, -0.2) is 4.39 Å². The van der Waals surface area contributed by atoms with E-state index >= 15 is 0 Å². The van der Waals surface area contributed by atoms with E-state index in [1.807, 2.05) is 32.2 Å². The molecule has 1 atom stereocenters. The van der Waals surface area contributed by atoms with Crippen LogP contribution in [0.5, 0.6) is 5.75 Å². The summed E-state index contributed by atoms with van der Waals surface area (Å²) in [6.45, 7) is 4.60. The van der Waals surface area contributed by atoms with Crippen LogP contribution in [0.1, 0.15) is 66.5 Å². The van der Waals surface area contributed by atoms with Crippen molar-refractivity contribution in [2.24, 2.45) is 0 Å². The largest absolute Gasteiger partial charge is 0.618 e. The van der Waals surface area contributed by atoms with Crippen molar-refractivity contribution in [3.63, 3.8) is 0 Å². The van der Waals surface area contributed by atoms with E-state index in [0.29, 0.717) is 24.3 Å². The van der Waals surface area contributed by atoms with Gasteiger partial charge >= 0.3 is 0 Å². The second-order valence-electron chi connectivity index (χ2n) is 10.2. The van der Waals surface area contributed by atoms with Crippen molar-refractivity contribution in [1.29, 1.82) is 0 Å². The minimum Gasteiger partial charge on any atom is -0.618 e. The summed E-state index contributed by atoms with van der Waals surface area (Å²) < 4.78 is 15.9. The molecule has 1 aliphatic carbocycles. The maximum atomic E-state index is 14.1. The molecule has 2 heterocycles. The summed E-state index contributed by atoms with van der Waals surface area (Å²) in [4.78, 5) is 15.7. The van der Waals surface area contributed by atoms with Crippen LogP contribution in [0.2, 0.25) is 0 Å². The molecular formula is C30H32ClFN4O3. The molecule has 0 bridgehead atoms. The number of anilines is 1. The van der Waals surface area contributed by atoms with E-state index in [-0.39, 0.29) is 42.3 Å². The number of amides is 1. The highest BCUT2D eigenvalue weighted by Gasteiger charge is 2.33. The van der Waals surface area contributed by atoms with Gasteiger partial charge in [0.2, 0.25) is 12.1 Å². The summed E-state index contributed by atoms with van der Waals surface area (Å²) in [7, 11) is 0. The lowest BCUT2D eigenvalue weighted by Crippen LogP contribution is -2.39. The van der Waals surface area contributed by atoms with Crippen LogP contribution >= 0.6 is 12.4 Å². The van der Waals surface area contributed by atoms with Crippen LogP contribution in [0.25, 0.3) is 0 Å². The number of benzene rings is 2. The zero-order valence-corrected chi connectivity index (χ0v) is 22.8. The number of pyridine rings is 1. The van der Waals surface area contributed by atoms with Crippen molar-refractivity contribution in [3.05, 3.63) is 112 Å². The monoisotopic (exact) mass is 550 g/mol. The number of halogens is 2. The molecule has 9 heteroatoms. The number of hydrogen-bond donors (Lipinski definition) is 1.